The van der Waals surface area contributed by atoms with Crippen molar-refractivity contribution in [2.75, 3.05) is 18.4 Å². The molecule has 0 bridgehead atoms. The molecule has 4 aromatic rings. The van der Waals surface area contributed by atoms with Crippen LogP contribution in [0, 0.1) is 5.92 Å². The highest BCUT2D eigenvalue weighted by atomic mass is 32.1. The number of thiophene rings is 1. The van der Waals surface area contributed by atoms with Gasteiger partial charge in [0.05, 0.1) is 26.8 Å². The summed E-state index contributed by atoms with van der Waals surface area (Å²) in [5, 5.41) is 14.6. The lowest BCUT2D eigenvalue weighted by Crippen LogP contribution is -2.37. The Morgan fingerprint density at radius 3 is 2.87 bits per heavy atom. The van der Waals surface area contributed by atoms with Crippen molar-refractivity contribution in [2.45, 2.75) is 45.8 Å². The Labute approximate surface area is 232 Å². The number of imidazole rings is 1. The van der Waals surface area contributed by atoms with Crippen LogP contribution in [-0.2, 0) is 17.9 Å². The molecule has 3 aromatic heterocycles. The number of hydrogen-bond acceptors (Lipinski definition) is 7. The Morgan fingerprint density at radius 1 is 1.23 bits per heavy atom. The minimum atomic E-state index is -0.240. The molecule has 0 radical (unpaired) electrons. The second-order valence-corrected chi connectivity index (χ2v) is 11.2. The lowest BCUT2D eigenvalue weighted by molar-refractivity contribution is -0.126. The summed E-state index contributed by atoms with van der Waals surface area (Å²) in [6.45, 7) is 10.9. The number of nitrogens with zero attached hydrogens (tertiary/aromatic N) is 5. The first-order valence-corrected chi connectivity index (χ1v) is 14.1. The molecule has 2 amide bonds. The molecule has 1 fully saturated rings. The number of amides is 2. The van der Waals surface area contributed by atoms with Crippen LogP contribution in [-0.4, -0.2) is 55.6 Å². The number of anilines is 1. The van der Waals surface area contributed by atoms with E-state index in [4.69, 9.17) is 4.98 Å². The SMILES string of the molecule is C=CC(=O)N1CCCC1Cn1c(NC(=O)c2ccc(-c3cccnn3)s2)nc2cc(CNCC(C)C)ccc21. The van der Waals surface area contributed by atoms with Gasteiger partial charge >= 0.3 is 0 Å². The molecule has 0 spiro atoms. The molecule has 202 valence electrons. The maximum atomic E-state index is 13.3. The van der Waals surface area contributed by atoms with Gasteiger partial charge < -0.3 is 14.8 Å². The highest BCUT2D eigenvalue weighted by Gasteiger charge is 2.29. The van der Waals surface area contributed by atoms with Gasteiger partial charge in [0.25, 0.3) is 5.91 Å². The normalized spacial score (nSPS) is 15.3. The fourth-order valence-corrected chi connectivity index (χ4v) is 5.77. The standard InChI is InChI=1S/C29H33N7O2S/c1-4-27(37)35-14-6-7-21(35)18-36-24-10-9-20(17-30-16-19(2)3)15-23(24)32-29(36)33-28(38)26-12-11-25(39-26)22-8-5-13-31-34-22/h4-5,8-13,15,19,21,30H,1,6-7,14,16-18H2,2-3H3,(H,32,33,38). The molecule has 1 aliphatic rings. The molecule has 1 atom stereocenters. The van der Waals surface area contributed by atoms with E-state index in [1.807, 2.05) is 27.7 Å². The zero-order valence-electron chi connectivity index (χ0n) is 22.3. The first-order valence-electron chi connectivity index (χ1n) is 13.2. The fourth-order valence-electron chi connectivity index (χ4n) is 4.91. The van der Waals surface area contributed by atoms with Crippen molar-refractivity contribution < 1.29 is 9.59 Å². The molecule has 39 heavy (non-hydrogen) atoms. The number of hydrogen-bond donors (Lipinski definition) is 2. The molecule has 1 unspecified atom stereocenters. The van der Waals surface area contributed by atoms with Gasteiger partial charge in [-0.2, -0.15) is 5.10 Å². The Hall–Kier alpha value is -3.89. The second kappa shape index (κ2) is 11.9. The summed E-state index contributed by atoms with van der Waals surface area (Å²) in [5.74, 6) is 0.723. The van der Waals surface area contributed by atoms with Crippen molar-refractivity contribution in [1.29, 1.82) is 0 Å². The van der Waals surface area contributed by atoms with Crippen LogP contribution in [0.5, 0.6) is 0 Å². The third kappa shape index (κ3) is 6.07. The molecule has 2 N–H and O–H groups in total. The first-order chi connectivity index (χ1) is 18.9. The van der Waals surface area contributed by atoms with Crippen LogP contribution in [0.3, 0.4) is 0 Å². The number of carbonyl (C=O) groups is 2. The largest absolute Gasteiger partial charge is 0.334 e. The average molecular weight is 544 g/mol. The van der Waals surface area contributed by atoms with E-state index in [-0.39, 0.29) is 17.9 Å². The number of carbonyl (C=O) groups excluding carboxylic acids is 2. The quantitative estimate of drug-likeness (QED) is 0.280. The minimum Gasteiger partial charge on any atom is -0.334 e. The topological polar surface area (TPSA) is 105 Å². The number of fused-ring (bicyclic) bond motifs is 1. The predicted molar refractivity (Wildman–Crippen MR) is 155 cm³/mol. The number of rotatable bonds is 10. The van der Waals surface area contributed by atoms with Gasteiger partial charge in [0, 0.05) is 25.8 Å². The van der Waals surface area contributed by atoms with Gasteiger partial charge in [-0.05, 0) is 73.3 Å². The predicted octanol–water partition coefficient (Wildman–Crippen LogP) is 4.73. The van der Waals surface area contributed by atoms with Crippen LogP contribution in [0.15, 0.2) is 61.3 Å². The summed E-state index contributed by atoms with van der Waals surface area (Å²) in [5.41, 5.74) is 3.57. The smallest absolute Gasteiger partial charge is 0.268 e. The molecular weight excluding hydrogens is 510 g/mol. The van der Waals surface area contributed by atoms with E-state index in [0.29, 0.717) is 29.8 Å². The van der Waals surface area contributed by atoms with E-state index in [1.165, 1.54) is 17.4 Å². The number of aromatic nitrogens is 4. The lowest BCUT2D eigenvalue weighted by Gasteiger charge is -2.24. The molecule has 4 heterocycles. The molecule has 1 aromatic carbocycles. The molecule has 0 aliphatic carbocycles. The molecule has 1 saturated heterocycles. The summed E-state index contributed by atoms with van der Waals surface area (Å²) >= 11 is 1.36. The Bertz CT molecular complexity index is 1480. The van der Waals surface area contributed by atoms with Crippen molar-refractivity contribution in [3.8, 4) is 10.6 Å². The van der Waals surface area contributed by atoms with Crippen molar-refractivity contribution in [1.82, 2.24) is 30.0 Å². The summed E-state index contributed by atoms with van der Waals surface area (Å²) in [4.78, 5) is 33.9. The minimum absolute atomic E-state index is 0.000863. The van der Waals surface area contributed by atoms with E-state index in [2.05, 4.69) is 59.5 Å². The molecule has 0 saturated carbocycles. The monoisotopic (exact) mass is 543 g/mol. The molecule has 5 rings (SSSR count). The van der Waals surface area contributed by atoms with Gasteiger partial charge in [0.1, 0.15) is 5.69 Å². The van der Waals surface area contributed by atoms with Crippen molar-refractivity contribution in [2.24, 2.45) is 5.92 Å². The van der Waals surface area contributed by atoms with Crippen LogP contribution in [0.2, 0.25) is 0 Å². The van der Waals surface area contributed by atoms with E-state index >= 15 is 0 Å². The number of likely N-dealkylation sites (tertiary alicyclic amines) is 1. The Morgan fingerprint density at radius 2 is 2.10 bits per heavy atom. The highest BCUT2D eigenvalue weighted by molar-refractivity contribution is 7.17. The summed E-state index contributed by atoms with van der Waals surface area (Å²) in [6.07, 6.45) is 4.81. The summed E-state index contributed by atoms with van der Waals surface area (Å²) < 4.78 is 2.02. The summed E-state index contributed by atoms with van der Waals surface area (Å²) in [6, 6.07) is 13.6. The van der Waals surface area contributed by atoms with Crippen molar-refractivity contribution in [3.63, 3.8) is 0 Å². The number of benzene rings is 1. The van der Waals surface area contributed by atoms with E-state index in [1.54, 1.807) is 12.3 Å². The van der Waals surface area contributed by atoms with E-state index in [9.17, 15) is 9.59 Å². The summed E-state index contributed by atoms with van der Waals surface area (Å²) in [7, 11) is 0. The van der Waals surface area contributed by atoms with E-state index in [0.717, 1.165) is 53.1 Å². The van der Waals surface area contributed by atoms with Crippen LogP contribution in [0.4, 0.5) is 5.95 Å². The third-order valence-corrected chi connectivity index (χ3v) is 7.91. The first kappa shape index (κ1) is 26.7. The van der Waals surface area contributed by atoms with Crippen LogP contribution in [0.1, 0.15) is 41.9 Å². The average Bonchev–Trinajstić information content (AvgIpc) is 3.68. The van der Waals surface area contributed by atoms with Gasteiger partial charge in [0.2, 0.25) is 11.9 Å². The molecule has 1 aliphatic heterocycles. The van der Waals surface area contributed by atoms with Crippen molar-refractivity contribution in [3.05, 3.63) is 71.8 Å². The van der Waals surface area contributed by atoms with Gasteiger partial charge in [-0.15, -0.1) is 16.4 Å². The third-order valence-electron chi connectivity index (χ3n) is 6.80. The molecule has 9 nitrogen and oxygen atoms in total. The maximum absolute atomic E-state index is 13.3. The lowest BCUT2D eigenvalue weighted by atomic mass is 10.1. The maximum Gasteiger partial charge on any atom is 0.268 e. The van der Waals surface area contributed by atoms with Gasteiger partial charge in [0.15, 0.2) is 0 Å². The molecular formula is C29H33N7O2S. The van der Waals surface area contributed by atoms with Crippen LogP contribution in [0.25, 0.3) is 21.6 Å². The van der Waals surface area contributed by atoms with Crippen molar-refractivity contribution >= 4 is 40.1 Å². The Balaban J connectivity index is 1.43. The Kier molecular flexibility index (Phi) is 8.13. The second-order valence-electron chi connectivity index (χ2n) is 10.2. The zero-order chi connectivity index (χ0) is 27.4. The highest BCUT2D eigenvalue weighted by Crippen LogP contribution is 2.29. The van der Waals surface area contributed by atoms with E-state index < -0.39 is 0 Å². The zero-order valence-corrected chi connectivity index (χ0v) is 23.1. The van der Waals surface area contributed by atoms with Crippen LogP contribution >= 0.6 is 11.3 Å². The van der Waals surface area contributed by atoms with Gasteiger partial charge in [-0.3, -0.25) is 14.9 Å². The van der Waals surface area contributed by atoms with Gasteiger partial charge in [-0.1, -0.05) is 26.5 Å². The van der Waals surface area contributed by atoms with Gasteiger partial charge in [-0.25, -0.2) is 4.98 Å². The van der Waals surface area contributed by atoms with Crippen LogP contribution < -0.4 is 10.6 Å². The fraction of sp³-hybridized carbons (Fsp3) is 0.345. The molecule has 10 heteroatoms. The number of nitrogens with one attached hydrogen (secondary N) is 2.